The van der Waals surface area contributed by atoms with Crippen molar-refractivity contribution in [3.05, 3.63) is 59.7 Å². The lowest BCUT2D eigenvalue weighted by molar-refractivity contribution is -0.121. The molecule has 182 valence electrons. The van der Waals surface area contributed by atoms with Crippen LogP contribution in [0.3, 0.4) is 0 Å². The molecule has 0 radical (unpaired) electrons. The number of carbonyl (C=O) groups excluding carboxylic acids is 3. The molecule has 2 amide bonds. The van der Waals surface area contributed by atoms with E-state index >= 15 is 0 Å². The van der Waals surface area contributed by atoms with Crippen LogP contribution in [-0.4, -0.2) is 54.1 Å². The van der Waals surface area contributed by atoms with Gasteiger partial charge in [0.15, 0.2) is 0 Å². The maximum Gasteiger partial charge on any atom is 0.409 e. The van der Waals surface area contributed by atoms with Crippen LogP contribution >= 0.6 is 12.6 Å². The van der Waals surface area contributed by atoms with Gasteiger partial charge in [-0.15, -0.1) is 0 Å². The largest absolute Gasteiger partial charge is 0.445 e. The molecule has 0 aliphatic heterocycles. The molecule has 0 bridgehead atoms. The van der Waals surface area contributed by atoms with Crippen LogP contribution in [0.15, 0.2) is 58.8 Å². The zero-order chi connectivity index (χ0) is 25.1. The Bertz CT molecular complexity index is 1010. The molecule has 0 spiro atoms. The maximum atomic E-state index is 12.1. The number of azo groups is 1. The summed E-state index contributed by atoms with van der Waals surface area (Å²) in [4.78, 5) is 38.0. The molecule has 0 heterocycles. The van der Waals surface area contributed by atoms with Crippen molar-refractivity contribution < 1.29 is 19.1 Å². The number of rotatable bonds is 11. The summed E-state index contributed by atoms with van der Waals surface area (Å²) in [6.45, 7) is 4.64. The van der Waals surface area contributed by atoms with Gasteiger partial charge in [0.2, 0.25) is 0 Å². The average Bonchev–Trinajstić information content (AvgIpc) is 2.83. The molecule has 0 saturated heterocycles. The van der Waals surface area contributed by atoms with Crippen LogP contribution < -0.4 is 0 Å². The standard InChI is InChI=1S/C25H32N4O4S/c1-18(2)23(30)14-11-20-7-5-6-8-22(20)27-26-21-12-9-19(10-13-21)17-33-24(31)28(3)15-16-29(4)25(32)34/h5-10,12-13,18H,11,14-17H2,1-4H3,(H,32,34)/b27-26+. The topological polar surface area (TPSA) is 91.6 Å². The molecule has 0 aromatic heterocycles. The molecular formula is C25H32N4O4S. The van der Waals surface area contributed by atoms with Crippen molar-refractivity contribution in [3.8, 4) is 0 Å². The van der Waals surface area contributed by atoms with Crippen LogP contribution in [0, 0.1) is 5.92 Å². The summed E-state index contributed by atoms with van der Waals surface area (Å²) in [5, 5.41) is 8.31. The molecule has 0 atom stereocenters. The molecule has 0 saturated carbocycles. The second-order valence-electron chi connectivity index (χ2n) is 8.30. The Morgan fingerprint density at radius 2 is 1.59 bits per heavy atom. The SMILES string of the molecule is CC(C)C(=O)CCc1ccccc1/N=N/c1ccc(COC(=O)N(C)CCN(C)C(=O)S)cc1. The van der Waals surface area contributed by atoms with E-state index in [0.29, 0.717) is 31.6 Å². The first kappa shape index (κ1) is 27.0. The number of benzene rings is 2. The minimum atomic E-state index is -0.476. The Morgan fingerprint density at radius 1 is 0.941 bits per heavy atom. The monoisotopic (exact) mass is 484 g/mol. The zero-order valence-electron chi connectivity index (χ0n) is 20.1. The molecular weight excluding hydrogens is 452 g/mol. The van der Waals surface area contributed by atoms with E-state index in [1.54, 1.807) is 26.2 Å². The van der Waals surface area contributed by atoms with Gasteiger partial charge in [-0.1, -0.05) is 56.8 Å². The van der Waals surface area contributed by atoms with Crippen molar-refractivity contribution in [2.24, 2.45) is 16.1 Å². The summed E-state index contributed by atoms with van der Waals surface area (Å²) < 4.78 is 5.31. The third kappa shape index (κ3) is 8.97. The van der Waals surface area contributed by atoms with Crippen molar-refractivity contribution in [3.63, 3.8) is 0 Å². The van der Waals surface area contributed by atoms with Gasteiger partial charge in [0.05, 0.1) is 11.4 Å². The molecule has 34 heavy (non-hydrogen) atoms. The fourth-order valence-corrected chi connectivity index (χ4v) is 2.98. The number of ketones is 1. The van der Waals surface area contributed by atoms with Gasteiger partial charge in [0, 0.05) is 39.5 Å². The molecule has 2 rings (SSSR count). The Labute approximate surface area is 206 Å². The van der Waals surface area contributed by atoms with Crippen LogP contribution in [0.4, 0.5) is 21.0 Å². The van der Waals surface area contributed by atoms with E-state index in [2.05, 4.69) is 22.9 Å². The quantitative estimate of drug-likeness (QED) is 0.322. The second-order valence-corrected chi connectivity index (χ2v) is 8.68. The third-order valence-electron chi connectivity index (χ3n) is 5.26. The van der Waals surface area contributed by atoms with Crippen molar-refractivity contribution in [2.45, 2.75) is 33.3 Å². The first-order chi connectivity index (χ1) is 16.2. The van der Waals surface area contributed by atoms with Gasteiger partial charge in [-0.2, -0.15) is 10.2 Å². The Balaban J connectivity index is 1.89. The molecule has 8 nitrogen and oxygen atoms in total. The fraction of sp³-hybridized carbons (Fsp3) is 0.400. The molecule has 0 aliphatic carbocycles. The van der Waals surface area contributed by atoms with Crippen molar-refractivity contribution in [1.82, 2.24) is 9.80 Å². The van der Waals surface area contributed by atoms with Crippen LogP contribution in [0.5, 0.6) is 0 Å². The number of Topliss-reactive ketones (excluding diaryl/α,β-unsaturated/α-hetero) is 1. The first-order valence-electron chi connectivity index (χ1n) is 11.1. The number of hydrogen-bond donors (Lipinski definition) is 1. The molecule has 2 aromatic rings. The van der Waals surface area contributed by atoms with Gasteiger partial charge >= 0.3 is 6.09 Å². The Morgan fingerprint density at radius 3 is 2.24 bits per heavy atom. The van der Waals surface area contributed by atoms with Crippen molar-refractivity contribution in [1.29, 1.82) is 0 Å². The van der Waals surface area contributed by atoms with E-state index in [1.807, 2.05) is 50.2 Å². The lowest BCUT2D eigenvalue weighted by Crippen LogP contribution is -2.35. The van der Waals surface area contributed by atoms with E-state index in [4.69, 9.17) is 4.74 Å². The summed E-state index contributed by atoms with van der Waals surface area (Å²) in [7, 11) is 3.22. The Kier molecular flexibility index (Phi) is 10.7. The predicted molar refractivity (Wildman–Crippen MR) is 135 cm³/mol. The predicted octanol–water partition coefficient (Wildman–Crippen LogP) is 5.81. The number of thiol groups is 1. The van der Waals surface area contributed by atoms with E-state index < -0.39 is 6.09 Å². The van der Waals surface area contributed by atoms with Crippen LogP contribution in [0.25, 0.3) is 0 Å². The van der Waals surface area contributed by atoms with Gasteiger partial charge < -0.3 is 14.5 Å². The van der Waals surface area contributed by atoms with Gasteiger partial charge in [-0.05, 0) is 35.7 Å². The first-order valence-corrected chi connectivity index (χ1v) is 11.6. The van der Waals surface area contributed by atoms with Crippen molar-refractivity contribution >= 4 is 41.1 Å². The normalized spacial score (nSPS) is 11.0. The summed E-state index contributed by atoms with van der Waals surface area (Å²) in [6.07, 6.45) is 0.638. The second kappa shape index (κ2) is 13.5. The molecule has 0 aliphatic rings. The zero-order valence-corrected chi connectivity index (χ0v) is 21.0. The molecule has 9 heteroatoms. The van der Waals surface area contributed by atoms with Crippen molar-refractivity contribution in [2.75, 3.05) is 27.2 Å². The lowest BCUT2D eigenvalue weighted by Gasteiger charge is -2.20. The highest BCUT2D eigenvalue weighted by Gasteiger charge is 2.12. The number of carbonyl (C=O) groups is 3. The van der Waals surface area contributed by atoms with E-state index in [1.165, 1.54) is 9.80 Å². The number of amides is 2. The molecule has 0 fully saturated rings. The number of aryl methyl sites for hydroxylation is 1. The number of likely N-dealkylation sites (N-methyl/N-ethyl adjacent to an activating group) is 2. The van der Waals surface area contributed by atoms with E-state index in [0.717, 1.165) is 16.8 Å². The van der Waals surface area contributed by atoms with Gasteiger partial charge in [-0.25, -0.2) is 4.79 Å². The van der Waals surface area contributed by atoms with E-state index in [9.17, 15) is 14.4 Å². The summed E-state index contributed by atoms with van der Waals surface area (Å²) in [6, 6.07) is 14.9. The van der Waals surface area contributed by atoms with Crippen LogP contribution in [0.2, 0.25) is 0 Å². The molecule has 0 N–H and O–H groups in total. The smallest absolute Gasteiger partial charge is 0.409 e. The Hall–Kier alpha value is -3.20. The van der Waals surface area contributed by atoms with Gasteiger partial charge in [0.1, 0.15) is 12.4 Å². The average molecular weight is 485 g/mol. The highest BCUT2D eigenvalue weighted by molar-refractivity contribution is 7.96. The summed E-state index contributed by atoms with van der Waals surface area (Å²) in [5.74, 6) is 0.256. The highest BCUT2D eigenvalue weighted by atomic mass is 32.1. The van der Waals surface area contributed by atoms with Gasteiger partial charge in [-0.3, -0.25) is 9.59 Å². The molecule has 2 aromatic carbocycles. The third-order valence-corrected chi connectivity index (χ3v) is 5.60. The number of hydrogen-bond acceptors (Lipinski definition) is 6. The van der Waals surface area contributed by atoms with Gasteiger partial charge in [0.25, 0.3) is 5.24 Å². The number of nitrogens with zero attached hydrogens (tertiary/aromatic N) is 4. The number of ether oxygens (including phenoxy) is 1. The summed E-state index contributed by atoms with van der Waals surface area (Å²) in [5.41, 5.74) is 3.21. The molecule has 0 unspecified atom stereocenters. The maximum absolute atomic E-state index is 12.1. The summed E-state index contributed by atoms with van der Waals surface area (Å²) >= 11 is 3.73. The highest BCUT2D eigenvalue weighted by Crippen LogP contribution is 2.24. The minimum Gasteiger partial charge on any atom is -0.445 e. The minimum absolute atomic E-state index is 0.0254. The fourth-order valence-electron chi connectivity index (χ4n) is 2.88. The lowest BCUT2D eigenvalue weighted by atomic mass is 10.0. The van der Waals surface area contributed by atoms with Crippen LogP contribution in [-0.2, 0) is 22.6 Å². The van der Waals surface area contributed by atoms with Crippen LogP contribution in [0.1, 0.15) is 31.4 Å². The van der Waals surface area contributed by atoms with E-state index in [-0.39, 0.29) is 23.5 Å².